The standard InChI is InChI=1S/C7H5F4O4P/c8-7(9)5-2-1-3-6(4-5)13-16(12,14-10)15-11/h1-4,7H. The Morgan fingerprint density at radius 1 is 1.19 bits per heavy atom. The van der Waals surface area contributed by atoms with Crippen molar-refractivity contribution < 1.29 is 36.4 Å². The van der Waals surface area contributed by atoms with Crippen molar-refractivity contribution >= 4 is 7.82 Å². The highest BCUT2D eigenvalue weighted by molar-refractivity contribution is 7.48. The molecule has 0 N–H and O–H groups in total. The van der Waals surface area contributed by atoms with E-state index in [1.165, 1.54) is 0 Å². The summed E-state index contributed by atoms with van der Waals surface area (Å²) < 4.78 is 67.8. The zero-order valence-electron chi connectivity index (χ0n) is 7.48. The summed E-state index contributed by atoms with van der Waals surface area (Å²) >= 11 is 0. The van der Waals surface area contributed by atoms with Crippen LogP contribution in [-0.2, 0) is 14.0 Å². The average Bonchev–Trinajstić information content (AvgIpc) is 2.29. The van der Waals surface area contributed by atoms with E-state index in [1.807, 2.05) is 0 Å². The van der Waals surface area contributed by atoms with Gasteiger partial charge in [-0.1, -0.05) is 21.6 Å². The van der Waals surface area contributed by atoms with Crippen LogP contribution in [0.4, 0.5) is 17.8 Å². The topological polar surface area (TPSA) is 44.8 Å². The Bertz CT molecular complexity index is 392. The predicted octanol–water partition coefficient (Wildman–Crippen LogP) is 3.91. The first-order valence-electron chi connectivity index (χ1n) is 3.79. The SMILES string of the molecule is O=P(OF)(OF)Oc1cccc(C(F)F)c1. The molecule has 90 valence electrons. The molecule has 0 unspecified atom stereocenters. The van der Waals surface area contributed by atoms with Crippen LogP contribution >= 0.6 is 7.82 Å². The summed E-state index contributed by atoms with van der Waals surface area (Å²) in [6, 6.07) is 3.97. The Kier molecular flexibility index (Phi) is 4.28. The van der Waals surface area contributed by atoms with Crippen molar-refractivity contribution in [1.29, 1.82) is 0 Å². The van der Waals surface area contributed by atoms with Gasteiger partial charge in [0.2, 0.25) is 0 Å². The van der Waals surface area contributed by atoms with E-state index in [0.29, 0.717) is 0 Å². The van der Waals surface area contributed by atoms with Crippen molar-refractivity contribution in [3.63, 3.8) is 0 Å². The summed E-state index contributed by atoms with van der Waals surface area (Å²) in [5, 5.41) is 0. The van der Waals surface area contributed by atoms with Crippen molar-refractivity contribution in [1.82, 2.24) is 0 Å². The van der Waals surface area contributed by atoms with Gasteiger partial charge in [0.25, 0.3) is 6.43 Å². The zero-order valence-corrected chi connectivity index (χ0v) is 8.37. The molecule has 1 aromatic rings. The van der Waals surface area contributed by atoms with E-state index in [0.717, 1.165) is 24.3 Å². The van der Waals surface area contributed by atoms with Crippen LogP contribution < -0.4 is 4.52 Å². The molecule has 1 rings (SSSR count). The van der Waals surface area contributed by atoms with Gasteiger partial charge in [-0.2, -0.15) is 0 Å². The van der Waals surface area contributed by atoms with E-state index >= 15 is 0 Å². The first-order chi connectivity index (χ1) is 7.50. The van der Waals surface area contributed by atoms with Gasteiger partial charge in [0.15, 0.2) is 0 Å². The molecule has 0 saturated carbocycles. The van der Waals surface area contributed by atoms with Crippen molar-refractivity contribution in [2.75, 3.05) is 0 Å². The van der Waals surface area contributed by atoms with E-state index in [-0.39, 0.29) is 0 Å². The molecule has 0 aliphatic carbocycles. The van der Waals surface area contributed by atoms with Crippen LogP contribution in [0.2, 0.25) is 0 Å². The largest absolute Gasteiger partial charge is 0.593 e. The first-order valence-corrected chi connectivity index (χ1v) is 5.25. The van der Waals surface area contributed by atoms with Crippen LogP contribution in [0.3, 0.4) is 0 Å². The Morgan fingerprint density at radius 3 is 2.31 bits per heavy atom. The van der Waals surface area contributed by atoms with Crippen LogP contribution in [0.5, 0.6) is 5.75 Å². The molecule has 1 aromatic carbocycles. The second kappa shape index (κ2) is 5.29. The molecule has 0 atom stereocenters. The molecule has 0 amide bonds. The Hall–Kier alpha value is -1.11. The van der Waals surface area contributed by atoms with Gasteiger partial charge in [0, 0.05) is 5.56 Å². The van der Waals surface area contributed by atoms with Gasteiger partial charge in [-0.3, -0.25) is 0 Å². The predicted molar refractivity (Wildman–Crippen MR) is 44.0 cm³/mol. The fraction of sp³-hybridized carbons (Fsp3) is 0.143. The quantitative estimate of drug-likeness (QED) is 0.594. The lowest BCUT2D eigenvalue weighted by Crippen LogP contribution is -1.94. The molecule has 0 fully saturated rings. The highest BCUT2D eigenvalue weighted by Gasteiger charge is 2.32. The van der Waals surface area contributed by atoms with Gasteiger partial charge in [-0.05, 0) is 21.2 Å². The Labute approximate surface area is 87.1 Å². The van der Waals surface area contributed by atoms with Crippen LogP contribution in [0.1, 0.15) is 12.0 Å². The van der Waals surface area contributed by atoms with E-state index in [2.05, 4.69) is 14.0 Å². The molecular formula is C7H5F4O4P. The number of hydrogen-bond donors (Lipinski definition) is 0. The maximum atomic E-state index is 12.2. The number of halogens is 4. The number of rotatable bonds is 5. The van der Waals surface area contributed by atoms with Gasteiger partial charge in [-0.25, -0.2) is 13.3 Å². The van der Waals surface area contributed by atoms with Crippen LogP contribution in [0, 0.1) is 0 Å². The molecule has 0 aliphatic rings. The van der Waals surface area contributed by atoms with Gasteiger partial charge >= 0.3 is 7.82 Å². The Balaban J connectivity index is 2.89. The molecule has 0 saturated heterocycles. The van der Waals surface area contributed by atoms with Crippen molar-refractivity contribution in [2.24, 2.45) is 0 Å². The van der Waals surface area contributed by atoms with Crippen molar-refractivity contribution in [2.45, 2.75) is 6.43 Å². The van der Waals surface area contributed by atoms with Gasteiger partial charge in [0.1, 0.15) is 5.75 Å². The van der Waals surface area contributed by atoms with Crippen molar-refractivity contribution in [3.8, 4) is 5.75 Å². The Morgan fingerprint density at radius 2 is 1.81 bits per heavy atom. The van der Waals surface area contributed by atoms with Crippen LogP contribution in [-0.4, -0.2) is 0 Å². The highest BCUT2D eigenvalue weighted by Crippen LogP contribution is 2.50. The lowest BCUT2D eigenvalue weighted by molar-refractivity contribution is -0.107. The summed E-state index contributed by atoms with van der Waals surface area (Å²) in [4.78, 5) is 0. The molecule has 0 aliphatic heterocycles. The molecule has 0 spiro atoms. The minimum Gasteiger partial charge on any atom is -0.401 e. The number of phosphoric acid groups is 1. The monoisotopic (exact) mass is 260 g/mol. The summed E-state index contributed by atoms with van der Waals surface area (Å²) in [5.41, 5.74) is -0.471. The summed E-state index contributed by atoms with van der Waals surface area (Å²) in [7, 11) is -5.03. The molecule has 0 radical (unpaired) electrons. The summed E-state index contributed by atoms with van der Waals surface area (Å²) in [6.07, 6.45) is -2.81. The molecular weight excluding hydrogens is 255 g/mol. The molecule has 16 heavy (non-hydrogen) atoms. The van der Waals surface area contributed by atoms with E-state index in [9.17, 15) is 22.4 Å². The maximum Gasteiger partial charge on any atom is 0.593 e. The van der Waals surface area contributed by atoms with E-state index in [1.54, 1.807) is 0 Å². The average molecular weight is 260 g/mol. The van der Waals surface area contributed by atoms with Gasteiger partial charge in [0.05, 0.1) is 0 Å². The third-order valence-corrected chi connectivity index (χ3v) is 2.27. The lowest BCUT2D eigenvalue weighted by Gasteiger charge is -2.09. The minimum absolute atomic E-state index is 0.471. The fourth-order valence-corrected chi connectivity index (χ4v) is 1.32. The molecule has 9 heteroatoms. The molecule has 0 heterocycles. The number of alkyl halides is 2. The maximum absolute atomic E-state index is 12.2. The van der Waals surface area contributed by atoms with E-state index < -0.39 is 25.6 Å². The smallest absolute Gasteiger partial charge is 0.401 e. The zero-order chi connectivity index (χ0) is 12.2. The highest BCUT2D eigenvalue weighted by atomic mass is 31.2. The summed E-state index contributed by atoms with van der Waals surface area (Å²) in [5.74, 6) is -0.476. The van der Waals surface area contributed by atoms with Crippen LogP contribution in [0.15, 0.2) is 24.3 Å². The molecule has 4 nitrogen and oxygen atoms in total. The fourth-order valence-electron chi connectivity index (χ4n) is 0.875. The number of benzene rings is 1. The van der Waals surface area contributed by atoms with E-state index in [4.69, 9.17) is 0 Å². The second-order valence-corrected chi connectivity index (χ2v) is 3.90. The third kappa shape index (κ3) is 3.19. The van der Waals surface area contributed by atoms with Crippen LogP contribution in [0.25, 0.3) is 0 Å². The van der Waals surface area contributed by atoms with Crippen molar-refractivity contribution in [3.05, 3.63) is 29.8 Å². The molecule has 0 bridgehead atoms. The molecule has 0 aromatic heterocycles. The normalized spacial score (nSPS) is 11.8. The van der Waals surface area contributed by atoms with Gasteiger partial charge in [-0.15, -0.1) is 0 Å². The lowest BCUT2D eigenvalue weighted by atomic mass is 10.2. The van der Waals surface area contributed by atoms with Gasteiger partial charge < -0.3 is 4.52 Å². The summed E-state index contributed by atoms with van der Waals surface area (Å²) in [6.45, 7) is 0. The third-order valence-electron chi connectivity index (χ3n) is 1.50. The minimum atomic E-state index is -5.03. The first kappa shape index (κ1) is 13.0. The number of hydrogen-bond acceptors (Lipinski definition) is 4. The second-order valence-electron chi connectivity index (χ2n) is 2.55.